The van der Waals surface area contributed by atoms with Crippen molar-refractivity contribution in [2.45, 2.75) is 6.92 Å². The van der Waals surface area contributed by atoms with Crippen molar-refractivity contribution in [3.8, 4) is 0 Å². The standard InChI is InChI=1S/C12H11BrN2O3S/c1-6-3-8(12(17)18)11(19-6)14-10(16)9-4-7(13)5-15(9)2/h3-5H,1-2H3,(H,14,16)(H,17,18). The number of nitrogens with zero attached hydrogens (tertiary/aromatic N) is 1. The highest BCUT2D eigenvalue weighted by atomic mass is 79.9. The molecule has 0 atom stereocenters. The van der Waals surface area contributed by atoms with E-state index >= 15 is 0 Å². The summed E-state index contributed by atoms with van der Waals surface area (Å²) in [6.45, 7) is 1.80. The van der Waals surface area contributed by atoms with Crippen LogP contribution in [0.1, 0.15) is 25.7 Å². The van der Waals surface area contributed by atoms with E-state index in [0.717, 1.165) is 9.35 Å². The molecule has 0 radical (unpaired) electrons. The molecular formula is C12H11BrN2O3S. The zero-order valence-electron chi connectivity index (χ0n) is 10.2. The molecule has 0 aliphatic rings. The summed E-state index contributed by atoms with van der Waals surface area (Å²) in [5.41, 5.74) is 0.568. The Morgan fingerprint density at radius 3 is 2.63 bits per heavy atom. The average Bonchev–Trinajstić information content (AvgIpc) is 2.81. The summed E-state index contributed by atoms with van der Waals surface area (Å²) in [7, 11) is 1.75. The molecule has 2 N–H and O–H groups in total. The number of carbonyl (C=O) groups is 2. The van der Waals surface area contributed by atoms with Crippen LogP contribution in [0.5, 0.6) is 0 Å². The summed E-state index contributed by atoms with van der Waals surface area (Å²) >= 11 is 4.53. The number of hydrogen-bond acceptors (Lipinski definition) is 3. The van der Waals surface area contributed by atoms with Crippen LogP contribution in [0.4, 0.5) is 5.00 Å². The Morgan fingerprint density at radius 2 is 2.11 bits per heavy atom. The molecule has 0 spiro atoms. The molecule has 0 saturated carbocycles. The van der Waals surface area contributed by atoms with Gasteiger partial charge in [0.05, 0.1) is 5.56 Å². The lowest BCUT2D eigenvalue weighted by Crippen LogP contribution is -2.16. The van der Waals surface area contributed by atoms with Crippen LogP contribution in [0.25, 0.3) is 0 Å². The summed E-state index contributed by atoms with van der Waals surface area (Å²) in [5, 5.41) is 12.1. The molecule has 2 aromatic heterocycles. The van der Waals surface area contributed by atoms with Gasteiger partial charge in [0, 0.05) is 22.6 Å². The summed E-state index contributed by atoms with van der Waals surface area (Å²) in [4.78, 5) is 24.0. The van der Waals surface area contributed by atoms with Crippen molar-refractivity contribution in [2.24, 2.45) is 7.05 Å². The van der Waals surface area contributed by atoms with Crippen molar-refractivity contribution in [1.82, 2.24) is 4.57 Å². The molecule has 7 heteroatoms. The first-order chi connectivity index (χ1) is 8.88. The van der Waals surface area contributed by atoms with Crippen LogP contribution < -0.4 is 5.32 Å². The zero-order chi connectivity index (χ0) is 14.2. The predicted octanol–water partition coefficient (Wildman–Crippen LogP) is 3.11. The van der Waals surface area contributed by atoms with Gasteiger partial charge >= 0.3 is 5.97 Å². The van der Waals surface area contributed by atoms with E-state index in [1.165, 1.54) is 11.3 Å². The van der Waals surface area contributed by atoms with Crippen LogP contribution in [0.15, 0.2) is 22.8 Å². The van der Waals surface area contributed by atoms with Crippen molar-refractivity contribution in [3.05, 3.63) is 38.9 Å². The molecule has 5 nitrogen and oxygen atoms in total. The van der Waals surface area contributed by atoms with Gasteiger partial charge in [-0.05, 0) is 35.0 Å². The molecule has 100 valence electrons. The first-order valence-corrected chi connectivity index (χ1v) is 6.96. The minimum Gasteiger partial charge on any atom is -0.478 e. The number of aryl methyl sites for hydroxylation is 2. The first-order valence-electron chi connectivity index (χ1n) is 5.35. The van der Waals surface area contributed by atoms with Crippen molar-refractivity contribution < 1.29 is 14.7 Å². The number of carbonyl (C=O) groups excluding carboxylic acids is 1. The number of halogens is 1. The maximum Gasteiger partial charge on any atom is 0.338 e. The summed E-state index contributed by atoms with van der Waals surface area (Å²) in [6, 6.07) is 3.22. The number of carboxylic acid groups (broad SMARTS) is 1. The molecule has 0 aromatic carbocycles. The van der Waals surface area contributed by atoms with Gasteiger partial charge in [-0.1, -0.05) is 0 Å². The largest absolute Gasteiger partial charge is 0.478 e. The average molecular weight is 343 g/mol. The number of nitrogens with one attached hydrogen (secondary N) is 1. The molecule has 2 aromatic rings. The third kappa shape index (κ3) is 2.87. The Balaban J connectivity index is 2.29. The van der Waals surface area contributed by atoms with E-state index < -0.39 is 5.97 Å². The number of hydrogen-bond donors (Lipinski definition) is 2. The number of anilines is 1. The van der Waals surface area contributed by atoms with Gasteiger partial charge in [0.2, 0.25) is 0 Å². The van der Waals surface area contributed by atoms with Crippen molar-refractivity contribution in [3.63, 3.8) is 0 Å². The number of carboxylic acids is 1. The van der Waals surface area contributed by atoms with E-state index in [9.17, 15) is 9.59 Å². The highest BCUT2D eigenvalue weighted by molar-refractivity contribution is 9.10. The van der Waals surface area contributed by atoms with Crippen LogP contribution in [-0.4, -0.2) is 21.6 Å². The number of rotatable bonds is 3. The third-order valence-electron chi connectivity index (χ3n) is 2.52. The fourth-order valence-electron chi connectivity index (χ4n) is 1.68. The molecule has 0 aliphatic heterocycles. The zero-order valence-corrected chi connectivity index (χ0v) is 12.6. The van der Waals surface area contributed by atoms with Gasteiger partial charge in [-0.2, -0.15) is 0 Å². The number of aromatic carboxylic acids is 1. The minimum absolute atomic E-state index is 0.115. The maximum absolute atomic E-state index is 12.1. The van der Waals surface area contributed by atoms with Gasteiger partial charge < -0.3 is 15.0 Å². The second-order valence-electron chi connectivity index (χ2n) is 4.01. The van der Waals surface area contributed by atoms with Crippen molar-refractivity contribution in [2.75, 3.05) is 5.32 Å². The number of amides is 1. The van der Waals surface area contributed by atoms with E-state index in [0.29, 0.717) is 10.7 Å². The Kier molecular flexibility index (Phi) is 3.77. The Hall–Kier alpha value is -1.60. The van der Waals surface area contributed by atoms with Crippen LogP contribution in [0.2, 0.25) is 0 Å². The van der Waals surface area contributed by atoms with Crippen molar-refractivity contribution >= 4 is 44.1 Å². The van der Waals surface area contributed by atoms with Gasteiger partial charge in [0.1, 0.15) is 10.7 Å². The topological polar surface area (TPSA) is 71.3 Å². The Morgan fingerprint density at radius 1 is 1.42 bits per heavy atom. The lowest BCUT2D eigenvalue weighted by Gasteiger charge is -2.04. The van der Waals surface area contributed by atoms with Gasteiger partial charge in [-0.25, -0.2) is 4.79 Å². The summed E-state index contributed by atoms with van der Waals surface area (Å²) < 4.78 is 2.46. The smallest absolute Gasteiger partial charge is 0.338 e. The van der Waals surface area contributed by atoms with Crippen LogP contribution >= 0.6 is 27.3 Å². The Labute approximate surface area is 122 Å². The molecule has 2 rings (SSSR count). The second kappa shape index (κ2) is 5.18. The highest BCUT2D eigenvalue weighted by Gasteiger charge is 2.18. The van der Waals surface area contributed by atoms with Crippen LogP contribution in [-0.2, 0) is 7.05 Å². The fraction of sp³-hybridized carbons (Fsp3) is 0.167. The predicted molar refractivity (Wildman–Crippen MR) is 77.1 cm³/mol. The molecule has 0 bridgehead atoms. The monoisotopic (exact) mass is 342 g/mol. The molecule has 0 aliphatic carbocycles. The number of aromatic nitrogens is 1. The summed E-state index contributed by atoms with van der Waals surface area (Å²) in [5.74, 6) is -1.38. The van der Waals surface area contributed by atoms with E-state index in [2.05, 4.69) is 21.2 Å². The van der Waals surface area contributed by atoms with Gasteiger partial charge in [0.15, 0.2) is 0 Å². The quantitative estimate of drug-likeness (QED) is 0.900. The van der Waals surface area contributed by atoms with Gasteiger partial charge in [-0.3, -0.25) is 4.79 Å². The number of thiophene rings is 1. The fourth-order valence-corrected chi connectivity index (χ4v) is 3.11. The second-order valence-corrected chi connectivity index (χ2v) is 6.19. The molecule has 19 heavy (non-hydrogen) atoms. The van der Waals surface area contributed by atoms with E-state index in [1.54, 1.807) is 36.9 Å². The van der Waals surface area contributed by atoms with E-state index in [1.807, 2.05) is 0 Å². The lowest BCUT2D eigenvalue weighted by atomic mass is 10.3. The summed E-state index contributed by atoms with van der Waals surface area (Å²) in [6.07, 6.45) is 1.76. The molecular weight excluding hydrogens is 332 g/mol. The van der Waals surface area contributed by atoms with E-state index in [4.69, 9.17) is 5.11 Å². The third-order valence-corrected chi connectivity index (χ3v) is 3.92. The minimum atomic E-state index is -1.05. The normalized spacial score (nSPS) is 10.5. The van der Waals surface area contributed by atoms with Gasteiger partial charge in [0.25, 0.3) is 5.91 Å². The molecule has 0 unspecified atom stereocenters. The SMILES string of the molecule is Cc1cc(C(=O)O)c(NC(=O)c2cc(Br)cn2C)s1. The molecule has 0 fully saturated rings. The van der Waals surface area contributed by atoms with E-state index in [-0.39, 0.29) is 11.5 Å². The first kappa shape index (κ1) is 13.8. The van der Waals surface area contributed by atoms with Crippen molar-refractivity contribution in [1.29, 1.82) is 0 Å². The van der Waals surface area contributed by atoms with Gasteiger partial charge in [-0.15, -0.1) is 11.3 Å². The highest BCUT2D eigenvalue weighted by Crippen LogP contribution is 2.28. The lowest BCUT2D eigenvalue weighted by molar-refractivity contribution is 0.0698. The molecule has 0 saturated heterocycles. The molecule has 1 amide bonds. The maximum atomic E-state index is 12.1. The molecule has 2 heterocycles. The van der Waals surface area contributed by atoms with Crippen LogP contribution in [0, 0.1) is 6.92 Å². The Bertz CT molecular complexity index is 660. The van der Waals surface area contributed by atoms with Crippen LogP contribution in [0.3, 0.4) is 0 Å².